The van der Waals surface area contributed by atoms with Crippen LogP contribution in [0.1, 0.15) is 21.7 Å². The Morgan fingerprint density at radius 3 is 2.81 bits per heavy atom. The van der Waals surface area contributed by atoms with Crippen LogP contribution in [0.25, 0.3) is 16.9 Å². The van der Waals surface area contributed by atoms with Crippen LogP contribution >= 0.6 is 0 Å². The van der Waals surface area contributed by atoms with Crippen LogP contribution in [0.15, 0.2) is 61.2 Å². The van der Waals surface area contributed by atoms with Crippen LogP contribution in [-0.4, -0.2) is 37.0 Å². The summed E-state index contributed by atoms with van der Waals surface area (Å²) in [5.41, 5.74) is 4.84. The number of rotatable bonds is 5. The molecule has 0 saturated carbocycles. The lowest BCUT2D eigenvalue weighted by Gasteiger charge is -2.05. The van der Waals surface area contributed by atoms with Crippen molar-refractivity contribution in [2.45, 2.75) is 13.3 Å². The van der Waals surface area contributed by atoms with E-state index in [0.717, 1.165) is 28.3 Å². The van der Waals surface area contributed by atoms with Gasteiger partial charge in [-0.15, -0.1) is 0 Å². The molecule has 0 spiro atoms. The molecule has 4 rings (SSSR count). The standard InChI is InChI=1S/C20H18N6O/c1-14-17(3-2-8-22-14)20(27)23-11-6-16-13-19-24-18(7-12-26(19)25-16)15-4-9-21-10-5-15/h2-5,7-10,12-13H,6,11H2,1H3,(H,23,27). The maximum atomic E-state index is 12.2. The summed E-state index contributed by atoms with van der Waals surface area (Å²) >= 11 is 0. The molecule has 0 fully saturated rings. The molecule has 1 N–H and O–H groups in total. The van der Waals surface area contributed by atoms with Crippen LogP contribution in [0.2, 0.25) is 0 Å². The number of carbonyl (C=O) groups excluding carboxylic acids is 1. The second kappa shape index (κ2) is 7.33. The van der Waals surface area contributed by atoms with E-state index < -0.39 is 0 Å². The largest absolute Gasteiger partial charge is 0.352 e. The van der Waals surface area contributed by atoms with E-state index in [1.165, 1.54) is 0 Å². The Kier molecular flexibility index (Phi) is 4.57. The molecule has 0 aliphatic heterocycles. The van der Waals surface area contributed by atoms with Crippen molar-refractivity contribution in [3.63, 3.8) is 0 Å². The first kappa shape index (κ1) is 16.8. The number of nitrogens with one attached hydrogen (secondary N) is 1. The lowest BCUT2D eigenvalue weighted by atomic mass is 10.2. The van der Waals surface area contributed by atoms with Gasteiger partial charge in [0, 0.05) is 55.1 Å². The van der Waals surface area contributed by atoms with Gasteiger partial charge in [0.1, 0.15) is 0 Å². The second-order valence-corrected chi connectivity index (χ2v) is 6.13. The number of aryl methyl sites for hydroxylation is 1. The maximum Gasteiger partial charge on any atom is 0.253 e. The van der Waals surface area contributed by atoms with Gasteiger partial charge >= 0.3 is 0 Å². The van der Waals surface area contributed by atoms with Gasteiger partial charge in [-0.05, 0) is 37.3 Å². The number of hydrogen-bond donors (Lipinski definition) is 1. The van der Waals surface area contributed by atoms with Crippen molar-refractivity contribution in [1.82, 2.24) is 29.9 Å². The molecule has 4 aromatic heterocycles. The van der Waals surface area contributed by atoms with E-state index in [2.05, 4.69) is 25.4 Å². The van der Waals surface area contributed by atoms with Gasteiger partial charge in [0.2, 0.25) is 0 Å². The summed E-state index contributed by atoms with van der Waals surface area (Å²) in [4.78, 5) is 25.0. The van der Waals surface area contributed by atoms with Crippen molar-refractivity contribution in [3.8, 4) is 11.3 Å². The first-order chi connectivity index (χ1) is 13.2. The summed E-state index contributed by atoms with van der Waals surface area (Å²) in [6.07, 6.45) is 7.68. The summed E-state index contributed by atoms with van der Waals surface area (Å²) in [5.74, 6) is -0.123. The summed E-state index contributed by atoms with van der Waals surface area (Å²) in [6, 6.07) is 11.2. The molecule has 134 valence electrons. The number of carbonyl (C=O) groups is 1. The van der Waals surface area contributed by atoms with Gasteiger partial charge < -0.3 is 5.32 Å². The molecule has 7 nitrogen and oxygen atoms in total. The predicted octanol–water partition coefficient (Wildman–Crippen LogP) is 2.47. The Morgan fingerprint density at radius 2 is 2.00 bits per heavy atom. The molecule has 0 aliphatic rings. The minimum Gasteiger partial charge on any atom is -0.352 e. The molecule has 0 saturated heterocycles. The number of fused-ring (bicyclic) bond motifs is 1. The fourth-order valence-corrected chi connectivity index (χ4v) is 2.86. The van der Waals surface area contributed by atoms with Crippen LogP contribution in [0.5, 0.6) is 0 Å². The van der Waals surface area contributed by atoms with Gasteiger partial charge in [-0.25, -0.2) is 9.50 Å². The van der Waals surface area contributed by atoms with Crippen LogP contribution < -0.4 is 5.32 Å². The van der Waals surface area contributed by atoms with Gasteiger partial charge in [-0.3, -0.25) is 14.8 Å². The van der Waals surface area contributed by atoms with Crippen molar-refractivity contribution in [2.75, 3.05) is 6.54 Å². The summed E-state index contributed by atoms with van der Waals surface area (Å²) in [6.45, 7) is 2.32. The highest BCUT2D eigenvalue weighted by Crippen LogP contribution is 2.16. The van der Waals surface area contributed by atoms with Gasteiger partial charge in [-0.1, -0.05) is 0 Å². The highest BCUT2D eigenvalue weighted by Gasteiger charge is 2.10. The third kappa shape index (κ3) is 3.67. The average molecular weight is 358 g/mol. The van der Waals surface area contributed by atoms with Crippen LogP contribution in [0.4, 0.5) is 0 Å². The Bertz CT molecular complexity index is 1090. The Morgan fingerprint density at radius 1 is 1.15 bits per heavy atom. The van der Waals surface area contributed by atoms with Crippen molar-refractivity contribution >= 4 is 11.6 Å². The van der Waals surface area contributed by atoms with Gasteiger partial charge in [0.25, 0.3) is 5.91 Å². The number of hydrogen-bond acceptors (Lipinski definition) is 5. The molecule has 0 aromatic carbocycles. The smallest absolute Gasteiger partial charge is 0.253 e. The topological polar surface area (TPSA) is 85.1 Å². The van der Waals surface area contributed by atoms with Gasteiger partial charge in [0.05, 0.1) is 17.0 Å². The van der Waals surface area contributed by atoms with E-state index in [9.17, 15) is 4.79 Å². The monoisotopic (exact) mass is 358 g/mol. The van der Waals surface area contributed by atoms with E-state index in [0.29, 0.717) is 18.5 Å². The number of amides is 1. The predicted molar refractivity (Wildman–Crippen MR) is 101 cm³/mol. The Hall–Kier alpha value is -3.61. The molecule has 4 heterocycles. The lowest BCUT2D eigenvalue weighted by molar-refractivity contribution is 0.0953. The van der Waals surface area contributed by atoms with Crippen molar-refractivity contribution in [2.24, 2.45) is 0 Å². The summed E-state index contributed by atoms with van der Waals surface area (Å²) in [7, 11) is 0. The lowest BCUT2D eigenvalue weighted by Crippen LogP contribution is -2.26. The van der Waals surface area contributed by atoms with E-state index in [1.54, 1.807) is 35.2 Å². The zero-order valence-electron chi connectivity index (χ0n) is 14.8. The highest BCUT2D eigenvalue weighted by molar-refractivity contribution is 5.95. The molecule has 1 amide bonds. The van der Waals surface area contributed by atoms with Crippen molar-refractivity contribution in [1.29, 1.82) is 0 Å². The zero-order chi connectivity index (χ0) is 18.6. The molecule has 7 heteroatoms. The quantitative estimate of drug-likeness (QED) is 0.592. The second-order valence-electron chi connectivity index (χ2n) is 6.13. The Balaban J connectivity index is 1.44. The first-order valence-corrected chi connectivity index (χ1v) is 8.66. The minimum absolute atomic E-state index is 0.123. The fourth-order valence-electron chi connectivity index (χ4n) is 2.86. The van der Waals surface area contributed by atoms with Crippen LogP contribution in [0.3, 0.4) is 0 Å². The normalized spacial score (nSPS) is 10.9. The fraction of sp³-hybridized carbons (Fsp3) is 0.150. The molecule has 0 aliphatic carbocycles. The Labute approximate surface area is 156 Å². The highest BCUT2D eigenvalue weighted by atomic mass is 16.1. The van der Waals surface area contributed by atoms with Crippen molar-refractivity contribution in [3.05, 3.63) is 78.1 Å². The molecular formula is C20H18N6O. The average Bonchev–Trinajstić information content (AvgIpc) is 3.11. The van der Waals surface area contributed by atoms with E-state index in [-0.39, 0.29) is 5.91 Å². The van der Waals surface area contributed by atoms with Crippen molar-refractivity contribution < 1.29 is 4.79 Å². The first-order valence-electron chi connectivity index (χ1n) is 8.66. The molecule has 27 heavy (non-hydrogen) atoms. The molecule has 0 unspecified atom stereocenters. The summed E-state index contributed by atoms with van der Waals surface area (Å²) < 4.78 is 1.74. The molecular weight excluding hydrogens is 340 g/mol. The van der Waals surface area contributed by atoms with Crippen LogP contribution in [0, 0.1) is 6.92 Å². The third-order valence-corrected chi connectivity index (χ3v) is 4.27. The van der Waals surface area contributed by atoms with Gasteiger partial charge in [-0.2, -0.15) is 5.10 Å². The number of nitrogens with zero attached hydrogens (tertiary/aromatic N) is 5. The van der Waals surface area contributed by atoms with Gasteiger partial charge in [0.15, 0.2) is 5.65 Å². The molecule has 0 atom stereocenters. The number of aromatic nitrogens is 5. The maximum absolute atomic E-state index is 12.2. The molecule has 0 radical (unpaired) electrons. The van der Waals surface area contributed by atoms with E-state index >= 15 is 0 Å². The van der Waals surface area contributed by atoms with E-state index in [1.807, 2.05) is 37.4 Å². The SMILES string of the molecule is Cc1ncccc1C(=O)NCCc1cc2nc(-c3ccncc3)ccn2n1. The molecule has 4 aromatic rings. The number of pyridine rings is 2. The van der Waals surface area contributed by atoms with Crippen LogP contribution in [-0.2, 0) is 6.42 Å². The summed E-state index contributed by atoms with van der Waals surface area (Å²) in [5, 5.41) is 7.43. The van der Waals surface area contributed by atoms with E-state index in [4.69, 9.17) is 0 Å². The third-order valence-electron chi connectivity index (χ3n) is 4.27. The minimum atomic E-state index is -0.123. The molecule has 0 bridgehead atoms. The zero-order valence-corrected chi connectivity index (χ0v) is 14.8.